The molecule has 0 amide bonds. The van der Waals surface area contributed by atoms with Crippen molar-refractivity contribution in [1.29, 1.82) is 0 Å². The Labute approximate surface area is 127 Å². The maximum absolute atomic E-state index is 12.2. The molecule has 1 fully saturated rings. The third-order valence-electron chi connectivity index (χ3n) is 4.18. The smallest absolute Gasteiger partial charge is 0.240 e. The fourth-order valence-electron chi connectivity index (χ4n) is 2.90. The van der Waals surface area contributed by atoms with Crippen molar-refractivity contribution >= 4 is 10.0 Å². The lowest BCUT2D eigenvalue weighted by atomic mass is 10.1. The minimum atomic E-state index is -3.39. The van der Waals surface area contributed by atoms with Crippen LogP contribution in [0.2, 0.25) is 0 Å². The summed E-state index contributed by atoms with van der Waals surface area (Å²) in [5.41, 5.74) is 1.05. The first-order valence-electron chi connectivity index (χ1n) is 7.81. The van der Waals surface area contributed by atoms with Crippen LogP contribution in [-0.4, -0.2) is 26.7 Å². The molecular weight excluding hydrogens is 286 g/mol. The molecule has 21 heavy (non-hydrogen) atoms. The molecule has 1 aromatic rings. The number of hydrogen-bond donors (Lipinski definition) is 2. The Kier molecular flexibility index (Phi) is 6.21. The highest BCUT2D eigenvalue weighted by atomic mass is 32.2. The van der Waals surface area contributed by atoms with Gasteiger partial charge in [-0.15, -0.1) is 0 Å². The molecule has 0 aromatic heterocycles. The van der Waals surface area contributed by atoms with E-state index in [1.807, 2.05) is 12.1 Å². The summed E-state index contributed by atoms with van der Waals surface area (Å²) < 4.78 is 27.1. The molecule has 2 rings (SSSR count). The zero-order valence-corrected chi connectivity index (χ0v) is 13.2. The van der Waals surface area contributed by atoms with Crippen LogP contribution in [0, 0.1) is 5.92 Å². The van der Waals surface area contributed by atoms with Gasteiger partial charge in [-0.2, -0.15) is 0 Å². The topological polar surface area (TPSA) is 66.4 Å². The first-order valence-corrected chi connectivity index (χ1v) is 9.29. The molecule has 0 radical (unpaired) electrons. The van der Waals surface area contributed by atoms with E-state index in [2.05, 4.69) is 4.72 Å². The van der Waals surface area contributed by atoms with Crippen LogP contribution < -0.4 is 4.72 Å². The third kappa shape index (κ3) is 5.09. The molecule has 0 atom stereocenters. The summed E-state index contributed by atoms with van der Waals surface area (Å²) in [7, 11) is -3.39. The van der Waals surface area contributed by atoms with Gasteiger partial charge in [0.05, 0.1) is 4.90 Å². The molecule has 5 heteroatoms. The minimum absolute atomic E-state index is 0.156. The summed E-state index contributed by atoms with van der Waals surface area (Å²) in [6, 6.07) is 6.93. The zero-order chi connectivity index (χ0) is 15.1. The van der Waals surface area contributed by atoms with E-state index in [9.17, 15) is 8.42 Å². The van der Waals surface area contributed by atoms with Gasteiger partial charge in [0.1, 0.15) is 0 Å². The minimum Gasteiger partial charge on any atom is -0.396 e. The van der Waals surface area contributed by atoms with Crippen molar-refractivity contribution in [2.45, 2.75) is 49.8 Å². The van der Waals surface area contributed by atoms with Crippen LogP contribution in [0.25, 0.3) is 0 Å². The first kappa shape index (κ1) is 16.5. The Hall–Kier alpha value is -0.910. The van der Waals surface area contributed by atoms with Crippen LogP contribution in [0.15, 0.2) is 29.2 Å². The highest BCUT2D eigenvalue weighted by Crippen LogP contribution is 2.27. The van der Waals surface area contributed by atoms with Crippen LogP contribution in [0.1, 0.15) is 44.1 Å². The predicted molar refractivity (Wildman–Crippen MR) is 83.6 cm³/mol. The molecule has 1 saturated carbocycles. The summed E-state index contributed by atoms with van der Waals surface area (Å²) in [6.45, 7) is 0.683. The molecule has 2 N–H and O–H groups in total. The molecule has 4 nitrogen and oxygen atoms in total. The van der Waals surface area contributed by atoms with Crippen molar-refractivity contribution in [3.8, 4) is 0 Å². The van der Waals surface area contributed by atoms with E-state index in [0.29, 0.717) is 23.8 Å². The van der Waals surface area contributed by atoms with Gasteiger partial charge in [0.25, 0.3) is 0 Å². The zero-order valence-electron chi connectivity index (χ0n) is 12.4. The maximum atomic E-state index is 12.2. The summed E-state index contributed by atoms with van der Waals surface area (Å²) in [6.07, 6.45) is 7.45. The first-order chi connectivity index (χ1) is 10.1. The highest BCUT2D eigenvalue weighted by molar-refractivity contribution is 7.89. The molecule has 0 aliphatic heterocycles. The Morgan fingerprint density at radius 2 is 1.81 bits per heavy atom. The Bertz CT molecular complexity index is 519. The van der Waals surface area contributed by atoms with E-state index in [-0.39, 0.29) is 6.61 Å². The van der Waals surface area contributed by atoms with E-state index in [0.717, 1.165) is 18.4 Å². The molecule has 0 bridgehead atoms. The average Bonchev–Trinajstić information content (AvgIpc) is 2.98. The van der Waals surface area contributed by atoms with Crippen LogP contribution in [0.4, 0.5) is 0 Å². The molecule has 0 unspecified atom stereocenters. The molecule has 0 heterocycles. The van der Waals surface area contributed by atoms with Crippen molar-refractivity contribution in [2.24, 2.45) is 5.92 Å². The van der Waals surface area contributed by atoms with Gasteiger partial charge in [-0.05, 0) is 42.9 Å². The van der Waals surface area contributed by atoms with E-state index in [1.54, 1.807) is 12.1 Å². The summed E-state index contributed by atoms with van der Waals surface area (Å²) >= 11 is 0. The summed E-state index contributed by atoms with van der Waals surface area (Å²) in [4.78, 5) is 0.321. The van der Waals surface area contributed by atoms with Crippen LogP contribution in [-0.2, 0) is 16.4 Å². The molecule has 1 aliphatic rings. The number of nitrogens with one attached hydrogen (secondary N) is 1. The summed E-state index contributed by atoms with van der Waals surface area (Å²) in [5, 5.41) is 8.79. The van der Waals surface area contributed by atoms with Crippen LogP contribution >= 0.6 is 0 Å². The van der Waals surface area contributed by atoms with E-state index >= 15 is 0 Å². The number of rotatable bonds is 8. The van der Waals surface area contributed by atoms with Crippen molar-refractivity contribution in [3.63, 3.8) is 0 Å². The molecule has 0 saturated heterocycles. The van der Waals surface area contributed by atoms with Gasteiger partial charge >= 0.3 is 0 Å². The second-order valence-electron chi connectivity index (χ2n) is 5.81. The molecule has 0 spiro atoms. The second kappa shape index (κ2) is 7.92. The van der Waals surface area contributed by atoms with Gasteiger partial charge in [0, 0.05) is 13.2 Å². The Morgan fingerprint density at radius 3 is 2.43 bits per heavy atom. The number of sulfonamides is 1. The van der Waals surface area contributed by atoms with E-state index in [1.165, 1.54) is 25.7 Å². The lowest BCUT2D eigenvalue weighted by Gasteiger charge is -2.11. The molecule has 1 aliphatic carbocycles. The SMILES string of the molecule is O=S(=O)(NCCC1CCCC1)c1ccc(CCCO)cc1. The van der Waals surface area contributed by atoms with Crippen molar-refractivity contribution in [1.82, 2.24) is 4.72 Å². The van der Waals surface area contributed by atoms with Gasteiger partial charge in [-0.25, -0.2) is 13.1 Å². The normalized spacial score (nSPS) is 16.4. The molecule has 1 aromatic carbocycles. The summed E-state index contributed by atoms with van der Waals surface area (Å²) in [5.74, 6) is 0.688. The maximum Gasteiger partial charge on any atom is 0.240 e. The number of aliphatic hydroxyl groups excluding tert-OH is 1. The van der Waals surface area contributed by atoms with Gasteiger partial charge in [0.15, 0.2) is 0 Å². The largest absolute Gasteiger partial charge is 0.396 e. The Balaban J connectivity index is 1.85. The van der Waals surface area contributed by atoms with Crippen molar-refractivity contribution in [3.05, 3.63) is 29.8 Å². The highest BCUT2D eigenvalue weighted by Gasteiger charge is 2.17. The lowest BCUT2D eigenvalue weighted by molar-refractivity contribution is 0.288. The molecule has 118 valence electrons. The number of aryl methyl sites for hydroxylation is 1. The van der Waals surface area contributed by atoms with Crippen molar-refractivity contribution < 1.29 is 13.5 Å². The number of aliphatic hydroxyl groups is 1. The van der Waals surface area contributed by atoms with E-state index < -0.39 is 10.0 Å². The monoisotopic (exact) mass is 311 g/mol. The van der Waals surface area contributed by atoms with Crippen molar-refractivity contribution in [2.75, 3.05) is 13.2 Å². The van der Waals surface area contributed by atoms with E-state index in [4.69, 9.17) is 5.11 Å². The van der Waals surface area contributed by atoms with Gasteiger partial charge in [0.2, 0.25) is 10.0 Å². The Morgan fingerprint density at radius 1 is 1.14 bits per heavy atom. The van der Waals surface area contributed by atoms with Crippen LogP contribution in [0.5, 0.6) is 0 Å². The second-order valence-corrected chi connectivity index (χ2v) is 7.57. The fraction of sp³-hybridized carbons (Fsp3) is 0.625. The average molecular weight is 311 g/mol. The predicted octanol–water partition coefficient (Wildman–Crippen LogP) is 2.47. The standard InChI is InChI=1S/C16H25NO3S/c18-13-3-6-15-7-9-16(10-8-15)21(19,20)17-12-11-14-4-1-2-5-14/h7-10,14,17-18H,1-6,11-13H2. The third-order valence-corrected chi connectivity index (χ3v) is 5.65. The van der Waals surface area contributed by atoms with Gasteiger partial charge in [-0.1, -0.05) is 37.8 Å². The lowest BCUT2D eigenvalue weighted by Crippen LogP contribution is -2.25. The van der Waals surface area contributed by atoms with Gasteiger partial charge in [-0.3, -0.25) is 0 Å². The fourth-order valence-corrected chi connectivity index (χ4v) is 3.95. The molecular formula is C16H25NO3S. The van der Waals surface area contributed by atoms with Crippen LogP contribution in [0.3, 0.4) is 0 Å². The van der Waals surface area contributed by atoms with Gasteiger partial charge < -0.3 is 5.11 Å². The number of benzene rings is 1. The number of hydrogen-bond acceptors (Lipinski definition) is 3. The quantitative estimate of drug-likeness (QED) is 0.775.